The molecule has 1 aliphatic heterocycles. The van der Waals surface area contributed by atoms with E-state index >= 15 is 0 Å². The molecule has 0 aliphatic carbocycles. The van der Waals surface area contributed by atoms with E-state index in [0.717, 1.165) is 29.8 Å². The molecule has 4 atom stereocenters. The van der Waals surface area contributed by atoms with Gasteiger partial charge in [-0.25, -0.2) is 4.98 Å². The number of hydrogen-bond acceptors (Lipinski definition) is 7. The molecule has 4 amide bonds. The molecule has 1 saturated heterocycles. The van der Waals surface area contributed by atoms with Crippen molar-refractivity contribution in [3.05, 3.63) is 84.4 Å². The minimum Gasteiger partial charge on any atom is -0.494 e. The number of benzene rings is 2. The molecule has 12 heteroatoms. The predicted molar refractivity (Wildman–Crippen MR) is 187 cm³/mol. The zero-order valence-corrected chi connectivity index (χ0v) is 29.1. The summed E-state index contributed by atoms with van der Waals surface area (Å²) in [5, 5.41) is 11.7. The Hall–Kier alpha value is -4.71. The second kappa shape index (κ2) is 18.7. The lowest BCUT2D eigenvalue weighted by Gasteiger charge is -2.29. The highest BCUT2D eigenvalue weighted by atomic mass is 16.5. The predicted octanol–water partition coefficient (Wildman–Crippen LogP) is 2.83. The minimum atomic E-state index is -0.873. The number of nitrogens with one attached hydrogen (secondary N) is 4. The smallest absolute Gasteiger partial charge is 0.243 e. The average Bonchev–Trinajstić information content (AvgIpc) is 3.59. The molecule has 0 spiro atoms. The third-order valence-corrected chi connectivity index (χ3v) is 8.40. The van der Waals surface area contributed by atoms with Gasteiger partial charge in [0.05, 0.1) is 19.5 Å². The highest BCUT2D eigenvalue weighted by Gasteiger charge is 2.31. The first kappa shape index (κ1) is 37.1. The molecule has 49 heavy (non-hydrogen) atoms. The van der Waals surface area contributed by atoms with Crippen LogP contribution in [0.5, 0.6) is 5.75 Å². The summed E-state index contributed by atoms with van der Waals surface area (Å²) in [4.78, 5) is 60.0. The normalized spacial score (nSPS) is 21.6. The van der Waals surface area contributed by atoms with Crippen molar-refractivity contribution in [2.45, 2.75) is 90.6 Å². The van der Waals surface area contributed by atoms with Crippen molar-refractivity contribution < 1.29 is 23.9 Å². The lowest BCUT2D eigenvalue weighted by Crippen LogP contribution is -2.57. The minimum absolute atomic E-state index is 0.0000279. The Balaban J connectivity index is 1.54. The Morgan fingerprint density at radius 1 is 0.898 bits per heavy atom. The van der Waals surface area contributed by atoms with Gasteiger partial charge in [-0.3, -0.25) is 24.1 Å². The largest absolute Gasteiger partial charge is 0.494 e. The zero-order valence-electron chi connectivity index (χ0n) is 29.1. The van der Waals surface area contributed by atoms with Gasteiger partial charge in [-0.05, 0) is 55.4 Å². The average molecular weight is 674 g/mol. The van der Waals surface area contributed by atoms with Crippen molar-refractivity contribution in [3.63, 3.8) is 0 Å². The standard InChI is InChI=1S/C37H51N7O5/c1-5-30-23-44(22-29-13-9-14-31(20-29)49-18-10-16-43-17-15-38-25-43)24-34(45)39-27(4)35(46)41-32(19-26(2)3)37(48)42-33(36(47)40-30)21-28-11-7-6-8-12-28/h6-9,11-15,17,20,25-27,30,32-33H,5,10,16,18-19,21-24H2,1-4H3,(H,39,45)(H,40,47)(H,41,46)(H,42,48)/t27-,30+,32+,33+/m1/s1. The van der Waals surface area contributed by atoms with Gasteiger partial charge in [-0.15, -0.1) is 0 Å². The quantitative estimate of drug-likeness (QED) is 0.216. The van der Waals surface area contributed by atoms with E-state index in [1.807, 2.05) is 91.0 Å². The monoisotopic (exact) mass is 673 g/mol. The molecular weight excluding hydrogens is 622 g/mol. The highest BCUT2D eigenvalue weighted by Crippen LogP contribution is 2.17. The van der Waals surface area contributed by atoms with Crippen LogP contribution >= 0.6 is 0 Å². The number of carbonyl (C=O) groups is 4. The first-order chi connectivity index (χ1) is 23.6. The Bertz CT molecular complexity index is 1500. The fourth-order valence-corrected chi connectivity index (χ4v) is 5.81. The van der Waals surface area contributed by atoms with Gasteiger partial charge in [0.25, 0.3) is 0 Å². The Labute approximate surface area is 289 Å². The topological polar surface area (TPSA) is 147 Å². The molecule has 4 N–H and O–H groups in total. The Kier molecular flexibility index (Phi) is 14.2. The molecule has 2 heterocycles. The molecule has 1 aromatic heterocycles. The van der Waals surface area contributed by atoms with Crippen molar-refractivity contribution >= 4 is 23.6 Å². The lowest BCUT2D eigenvalue weighted by molar-refractivity contribution is -0.133. The SMILES string of the molecule is CC[C@H]1CN(Cc2cccc(OCCCn3ccnc3)c2)CC(=O)N[C@H](C)C(=O)N[C@@H](CC(C)C)C(=O)N[C@@H](Cc2ccccc2)C(=O)N1. The van der Waals surface area contributed by atoms with Crippen LogP contribution in [0.15, 0.2) is 73.3 Å². The van der Waals surface area contributed by atoms with Gasteiger partial charge in [-0.2, -0.15) is 0 Å². The van der Waals surface area contributed by atoms with Gasteiger partial charge in [0.15, 0.2) is 0 Å². The summed E-state index contributed by atoms with van der Waals surface area (Å²) >= 11 is 0. The van der Waals surface area contributed by atoms with Gasteiger partial charge < -0.3 is 30.6 Å². The second-order valence-electron chi connectivity index (χ2n) is 13.2. The fraction of sp³-hybridized carbons (Fsp3) is 0.486. The van der Waals surface area contributed by atoms with E-state index < -0.39 is 29.9 Å². The van der Waals surface area contributed by atoms with Crippen LogP contribution in [-0.4, -0.2) is 81.9 Å². The van der Waals surface area contributed by atoms with Crippen LogP contribution in [-0.2, 0) is 38.7 Å². The van der Waals surface area contributed by atoms with Crippen molar-refractivity contribution in [3.8, 4) is 5.75 Å². The molecule has 4 rings (SSSR count). The van der Waals surface area contributed by atoms with Gasteiger partial charge in [0, 0.05) is 44.5 Å². The van der Waals surface area contributed by atoms with Crippen LogP contribution in [0, 0.1) is 5.92 Å². The van der Waals surface area contributed by atoms with Crippen LogP contribution in [0.1, 0.15) is 58.1 Å². The molecule has 0 bridgehead atoms. The summed E-state index contributed by atoms with van der Waals surface area (Å²) in [6.07, 6.45) is 7.52. The molecule has 0 unspecified atom stereocenters. The third-order valence-electron chi connectivity index (χ3n) is 8.40. The van der Waals surface area contributed by atoms with E-state index in [4.69, 9.17) is 4.74 Å². The molecule has 2 aromatic carbocycles. The maximum Gasteiger partial charge on any atom is 0.243 e. The molecule has 12 nitrogen and oxygen atoms in total. The number of ether oxygens (including phenoxy) is 1. The Morgan fingerprint density at radius 3 is 2.35 bits per heavy atom. The van der Waals surface area contributed by atoms with Crippen molar-refractivity contribution in [2.75, 3.05) is 19.7 Å². The second-order valence-corrected chi connectivity index (χ2v) is 13.2. The first-order valence-electron chi connectivity index (χ1n) is 17.2. The molecule has 1 aliphatic rings. The summed E-state index contributed by atoms with van der Waals surface area (Å²) in [5.74, 6) is -0.746. The number of nitrogens with zero attached hydrogens (tertiary/aromatic N) is 3. The van der Waals surface area contributed by atoms with Crippen LogP contribution < -0.4 is 26.0 Å². The number of aromatic nitrogens is 2. The van der Waals surface area contributed by atoms with E-state index in [0.29, 0.717) is 32.5 Å². The maximum absolute atomic E-state index is 13.9. The third kappa shape index (κ3) is 12.4. The highest BCUT2D eigenvalue weighted by molar-refractivity contribution is 5.94. The van der Waals surface area contributed by atoms with E-state index in [2.05, 4.69) is 26.3 Å². The summed E-state index contributed by atoms with van der Waals surface area (Å²) in [6.45, 7) is 9.62. The molecule has 264 valence electrons. The lowest BCUT2D eigenvalue weighted by atomic mass is 10.0. The number of aryl methyl sites for hydroxylation is 1. The van der Waals surface area contributed by atoms with Crippen molar-refractivity contribution in [1.29, 1.82) is 0 Å². The van der Waals surface area contributed by atoms with E-state index in [9.17, 15) is 19.2 Å². The molecule has 0 saturated carbocycles. The van der Waals surface area contributed by atoms with Crippen molar-refractivity contribution in [1.82, 2.24) is 35.7 Å². The van der Waals surface area contributed by atoms with E-state index in [1.54, 1.807) is 19.4 Å². The summed E-state index contributed by atoms with van der Waals surface area (Å²) < 4.78 is 8.02. The maximum atomic E-state index is 13.9. The van der Waals surface area contributed by atoms with E-state index in [1.165, 1.54) is 0 Å². The van der Waals surface area contributed by atoms with Gasteiger partial charge in [0.1, 0.15) is 23.9 Å². The summed E-state index contributed by atoms with van der Waals surface area (Å²) in [5.41, 5.74) is 1.84. The van der Waals surface area contributed by atoms with Crippen LogP contribution in [0.2, 0.25) is 0 Å². The number of rotatable bonds is 12. The molecule has 0 radical (unpaired) electrons. The summed E-state index contributed by atoms with van der Waals surface area (Å²) in [7, 11) is 0. The van der Waals surface area contributed by atoms with Gasteiger partial charge >= 0.3 is 0 Å². The molecule has 1 fully saturated rings. The number of amides is 4. The number of carbonyl (C=O) groups excluding carboxylic acids is 4. The van der Waals surface area contributed by atoms with Crippen molar-refractivity contribution in [2.24, 2.45) is 5.92 Å². The van der Waals surface area contributed by atoms with Gasteiger partial charge in [-0.1, -0.05) is 63.2 Å². The summed E-state index contributed by atoms with van der Waals surface area (Å²) in [6, 6.07) is 14.3. The fourth-order valence-electron chi connectivity index (χ4n) is 5.81. The van der Waals surface area contributed by atoms with Crippen LogP contribution in [0.4, 0.5) is 0 Å². The molecular formula is C37H51N7O5. The number of hydrogen-bond donors (Lipinski definition) is 4. The van der Waals surface area contributed by atoms with Crippen LogP contribution in [0.25, 0.3) is 0 Å². The Morgan fingerprint density at radius 2 is 1.63 bits per heavy atom. The molecule has 3 aromatic rings. The van der Waals surface area contributed by atoms with Crippen LogP contribution in [0.3, 0.4) is 0 Å². The first-order valence-corrected chi connectivity index (χ1v) is 17.2. The zero-order chi connectivity index (χ0) is 35.2. The van der Waals surface area contributed by atoms with Gasteiger partial charge in [0.2, 0.25) is 23.6 Å². The number of imidazole rings is 1. The van der Waals surface area contributed by atoms with E-state index in [-0.39, 0.29) is 36.7 Å².